The molecule has 0 fully saturated rings. The molecule has 0 aromatic rings. The van der Waals surface area contributed by atoms with Crippen LogP contribution < -0.4 is 0 Å². The van der Waals surface area contributed by atoms with Gasteiger partial charge in [0, 0.05) is 22.4 Å². The Morgan fingerprint density at radius 3 is 1.25 bits per heavy atom. The Bertz CT molecular complexity index is 24.3. The Labute approximate surface area is 41.7 Å². The van der Waals surface area contributed by atoms with Crippen LogP contribution >= 0.6 is 0 Å². The molecule has 1 radical (unpaired) electrons. The minimum absolute atomic E-state index is 0. The van der Waals surface area contributed by atoms with Gasteiger partial charge in [-0.15, -0.1) is 5.73 Å². The minimum atomic E-state index is 0. The first kappa shape index (κ1) is 8.86. The number of hydrogen-bond donors (Lipinski definition) is 0. The van der Waals surface area contributed by atoms with Gasteiger partial charge < -0.3 is 0 Å². The van der Waals surface area contributed by atoms with Gasteiger partial charge in [-0.25, -0.2) is 0 Å². The van der Waals surface area contributed by atoms with Crippen LogP contribution in [0.2, 0.25) is 0 Å². The first-order valence-electron chi connectivity index (χ1n) is 0.707. The molecule has 0 spiro atoms. The maximum absolute atomic E-state index is 3.12. The van der Waals surface area contributed by atoms with Gasteiger partial charge >= 0.3 is 0 Å². The molecule has 0 unspecified atom stereocenters. The van der Waals surface area contributed by atoms with Crippen LogP contribution in [0.25, 0.3) is 0 Å². The fraction of sp³-hybridized carbons (Fsp3) is 0. The molecule has 0 N–H and O–H groups in total. The van der Waals surface area contributed by atoms with Crippen LogP contribution in [0.5, 0.6) is 0 Å². The summed E-state index contributed by atoms with van der Waals surface area (Å²) in [5.41, 5.74) is 2.25. The van der Waals surface area contributed by atoms with Crippen molar-refractivity contribution in [2.75, 3.05) is 0 Å². The van der Waals surface area contributed by atoms with Crippen molar-refractivity contribution in [3.63, 3.8) is 0 Å². The third kappa shape index (κ3) is 53.0. The van der Waals surface area contributed by atoms with E-state index < -0.39 is 0 Å². The van der Waals surface area contributed by atoms with Crippen LogP contribution in [-0.2, 0) is 22.4 Å². The van der Waals surface area contributed by atoms with Crippen LogP contribution in [-0.4, -0.2) is 0 Å². The van der Waals surface area contributed by atoms with E-state index in [0.717, 1.165) is 0 Å². The molecular weight excluding hydrogens is 144 g/mol. The molecule has 0 saturated heterocycles. The summed E-state index contributed by atoms with van der Waals surface area (Å²) in [6, 6.07) is 0. The summed E-state index contributed by atoms with van der Waals surface area (Å²) in [6.07, 6.45) is 0. The van der Waals surface area contributed by atoms with Crippen molar-refractivity contribution in [3.05, 3.63) is 18.9 Å². The summed E-state index contributed by atoms with van der Waals surface area (Å²) in [5.74, 6) is 0. The van der Waals surface area contributed by atoms with Crippen molar-refractivity contribution in [2.45, 2.75) is 0 Å². The molecule has 0 rings (SSSR count). The SMILES string of the molecule is C=C=C.[Ag]. The van der Waals surface area contributed by atoms with Gasteiger partial charge in [0.1, 0.15) is 0 Å². The Hall–Kier alpha value is 0.260. The second-order valence-electron chi connectivity index (χ2n) is 0.250. The molecule has 0 aliphatic carbocycles. The summed E-state index contributed by atoms with van der Waals surface area (Å²) in [7, 11) is 0. The van der Waals surface area contributed by atoms with Crippen molar-refractivity contribution in [1.82, 2.24) is 0 Å². The van der Waals surface area contributed by atoms with Crippen molar-refractivity contribution in [2.24, 2.45) is 0 Å². The summed E-state index contributed by atoms with van der Waals surface area (Å²) in [4.78, 5) is 0. The van der Waals surface area contributed by atoms with Gasteiger partial charge in [0.05, 0.1) is 0 Å². The smallest absolute Gasteiger partial charge is 0 e. The van der Waals surface area contributed by atoms with Gasteiger partial charge in [-0.1, -0.05) is 13.2 Å². The van der Waals surface area contributed by atoms with Gasteiger partial charge in [-0.2, -0.15) is 0 Å². The van der Waals surface area contributed by atoms with Crippen molar-refractivity contribution in [3.8, 4) is 0 Å². The molecule has 0 aromatic heterocycles. The molecule has 0 aromatic carbocycles. The Balaban J connectivity index is 0. The van der Waals surface area contributed by atoms with Crippen molar-refractivity contribution < 1.29 is 22.4 Å². The third-order valence-corrected chi connectivity index (χ3v) is 0. The second-order valence-corrected chi connectivity index (χ2v) is 0.250. The predicted molar refractivity (Wildman–Crippen MR) is 14.8 cm³/mol. The van der Waals surface area contributed by atoms with E-state index in [0.29, 0.717) is 0 Å². The average molecular weight is 148 g/mol. The van der Waals surface area contributed by atoms with Crippen LogP contribution in [0.4, 0.5) is 0 Å². The van der Waals surface area contributed by atoms with Crippen LogP contribution in [0.3, 0.4) is 0 Å². The predicted octanol–water partition coefficient (Wildman–Crippen LogP) is 0.955. The second kappa shape index (κ2) is 10.5. The maximum atomic E-state index is 3.12. The molecule has 0 amide bonds. The molecule has 4 heavy (non-hydrogen) atoms. The zero-order chi connectivity index (χ0) is 2.71. The monoisotopic (exact) mass is 147 g/mol. The van der Waals surface area contributed by atoms with Crippen molar-refractivity contribution in [1.29, 1.82) is 0 Å². The van der Waals surface area contributed by atoms with E-state index in [1.165, 1.54) is 0 Å². The van der Waals surface area contributed by atoms with Gasteiger partial charge in [0.15, 0.2) is 0 Å². The summed E-state index contributed by atoms with van der Waals surface area (Å²) in [5, 5.41) is 0. The van der Waals surface area contributed by atoms with Gasteiger partial charge in [0.2, 0.25) is 0 Å². The van der Waals surface area contributed by atoms with E-state index in [9.17, 15) is 0 Å². The first-order chi connectivity index (χ1) is 1.41. The van der Waals surface area contributed by atoms with E-state index in [2.05, 4.69) is 18.9 Å². The quantitative estimate of drug-likeness (QED) is 0.354. The van der Waals surface area contributed by atoms with Gasteiger partial charge in [-0.3, -0.25) is 0 Å². The topological polar surface area (TPSA) is 0 Å². The molecule has 0 aliphatic rings. The Morgan fingerprint density at radius 2 is 1.25 bits per heavy atom. The number of rotatable bonds is 0. The molecular formula is C3H4Ag. The summed E-state index contributed by atoms with van der Waals surface area (Å²) < 4.78 is 0. The minimum Gasteiger partial charge on any atom is -0.137 e. The standard InChI is InChI=1S/C3H4.Ag/c1-3-2;/h1-2H2;. The fourth-order valence-corrected chi connectivity index (χ4v) is 0. The van der Waals surface area contributed by atoms with Crippen LogP contribution in [0.15, 0.2) is 18.9 Å². The van der Waals surface area contributed by atoms with E-state index in [4.69, 9.17) is 0 Å². The van der Waals surface area contributed by atoms with E-state index in [-0.39, 0.29) is 22.4 Å². The molecule has 0 heterocycles. The summed E-state index contributed by atoms with van der Waals surface area (Å²) in [6.45, 7) is 6.25. The normalized spacial score (nSPS) is 2.00. The van der Waals surface area contributed by atoms with Gasteiger partial charge in [-0.05, 0) is 0 Å². The van der Waals surface area contributed by atoms with Crippen molar-refractivity contribution >= 4 is 0 Å². The zero-order valence-corrected chi connectivity index (χ0v) is 3.70. The molecule has 0 nitrogen and oxygen atoms in total. The van der Waals surface area contributed by atoms with E-state index in [1.54, 1.807) is 0 Å². The molecule has 0 aliphatic heterocycles. The largest absolute Gasteiger partial charge is 0.137 e. The Morgan fingerprint density at radius 1 is 1.25 bits per heavy atom. The van der Waals surface area contributed by atoms with E-state index in [1.807, 2.05) is 0 Å². The molecule has 0 atom stereocenters. The molecule has 27 valence electrons. The number of hydrogen-bond acceptors (Lipinski definition) is 0. The van der Waals surface area contributed by atoms with E-state index >= 15 is 0 Å². The van der Waals surface area contributed by atoms with Gasteiger partial charge in [0.25, 0.3) is 0 Å². The third-order valence-electron chi connectivity index (χ3n) is 0. The molecule has 0 saturated carbocycles. The average Bonchev–Trinajstić information content (AvgIpc) is 0.918. The fourth-order valence-electron chi connectivity index (χ4n) is 0. The Kier molecular flexibility index (Phi) is 23.2. The van der Waals surface area contributed by atoms with Crippen LogP contribution in [0.1, 0.15) is 0 Å². The first-order valence-corrected chi connectivity index (χ1v) is 0.707. The van der Waals surface area contributed by atoms with Crippen LogP contribution in [0, 0.1) is 0 Å². The maximum Gasteiger partial charge on any atom is 0 e. The molecule has 0 bridgehead atoms. The molecule has 1 heteroatoms. The summed E-state index contributed by atoms with van der Waals surface area (Å²) >= 11 is 0. The zero-order valence-electron chi connectivity index (χ0n) is 2.22.